The van der Waals surface area contributed by atoms with Crippen molar-refractivity contribution in [2.24, 2.45) is 0 Å². The van der Waals surface area contributed by atoms with Crippen LogP contribution in [-0.4, -0.2) is 27.3 Å². The monoisotopic (exact) mass is 177 g/mol. The Balaban J connectivity index is 2.37. The quantitative estimate of drug-likeness (QED) is 0.681. The van der Waals surface area contributed by atoms with Gasteiger partial charge in [-0.05, 0) is 17.7 Å². The summed E-state index contributed by atoms with van der Waals surface area (Å²) in [5.41, 5.74) is 3.01. The third-order valence-corrected chi connectivity index (χ3v) is 1.90. The van der Waals surface area contributed by atoms with Crippen molar-refractivity contribution in [1.29, 1.82) is 0 Å². The molecule has 0 aliphatic rings. The molecule has 0 atom stereocenters. The first kappa shape index (κ1) is 8.22. The molecule has 2 rings (SSSR count). The summed E-state index contributed by atoms with van der Waals surface area (Å²) in [7, 11) is 1.62. The molecule has 0 aliphatic heterocycles. The predicted molar refractivity (Wildman–Crippen MR) is 49.3 cm³/mol. The van der Waals surface area contributed by atoms with Crippen LogP contribution in [0.15, 0.2) is 24.5 Å². The van der Waals surface area contributed by atoms with Crippen molar-refractivity contribution in [1.82, 2.24) is 15.0 Å². The predicted octanol–water partition coefficient (Wildman–Crippen LogP) is 1.38. The number of aromatic amines is 1. The Morgan fingerprint density at radius 2 is 2.38 bits per heavy atom. The minimum Gasteiger partial charge on any atom is -0.345 e. The van der Waals surface area contributed by atoms with E-state index in [4.69, 9.17) is 5.21 Å². The lowest BCUT2D eigenvalue weighted by atomic mass is 10.2. The van der Waals surface area contributed by atoms with Gasteiger partial charge in [-0.3, -0.25) is 0 Å². The van der Waals surface area contributed by atoms with E-state index in [0.717, 1.165) is 21.7 Å². The van der Waals surface area contributed by atoms with Crippen LogP contribution in [0.4, 0.5) is 0 Å². The molecule has 4 heteroatoms. The molecule has 4 nitrogen and oxygen atoms in total. The molecular formula is C9H11N3O. The Morgan fingerprint density at radius 1 is 1.54 bits per heavy atom. The summed E-state index contributed by atoms with van der Waals surface area (Å²) in [5, 5.41) is 10.2. The third-order valence-electron chi connectivity index (χ3n) is 1.90. The number of nitrogens with zero attached hydrogens (tertiary/aromatic N) is 2. The molecule has 0 saturated carbocycles. The standard InChI is InChI=1S/C9H11N3O/c1-12(13)5-7-2-3-8-9(4-7)11-6-10-8/h2-4,6,13H,5H2,1H3,(H,10,11). The van der Waals surface area contributed by atoms with Gasteiger partial charge in [-0.1, -0.05) is 6.07 Å². The zero-order valence-corrected chi connectivity index (χ0v) is 7.36. The summed E-state index contributed by atoms with van der Waals surface area (Å²) < 4.78 is 0. The van der Waals surface area contributed by atoms with E-state index in [-0.39, 0.29) is 0 Å². The minimum absolute atomic E-state index is 0.523. The van der Waals surface area contributed by atoms with Gasteiger partial charge in [0.15, 0.2) is 0 Å². The second-order valence-electron chi connectivity index (χ2n) is 3.07. The number of aromatic nitrogens is 2. The fraction of sp³-hybridized carbons (Fsp3) is 0.222. The molecule has 1 aromatic heterocycles. The van der Waals surface area contributed by atoms with Crippen molar-refractivity contribution < 1.29 is 5.21 Å². The first-order valence-electron chi connectivity index (χ1n) is 4.08. The van der Waals surface area contributed by atoms with E-state index in [0.29, 0.717) is 6.54 Å². The van der Waals surface area contributed by atoms with Crippen molar-refractivity contribution in [3.8, 4) is 0 Å². The molecule has 2 aromatic rings. The van der Waals surface area contributed by atoms with Crippen LogP contribution in [0, 0.1) is 0 Å². The highest BCUT2D eigenvalue weighted by Crippen LogP contribution is 2.12. The van der Waals surface area contributed by atoms with Crippen LogP contribution >= 0.6 is 0 Å². The van der Waals surface area contributed by atoms with E-state index in [2.05, 4.69) is 9.97 Å². The Kier molecular flexibility index (Phi) is 2.00. The fourth-order valence-electron chi connectivity index (χ4n) is 1.35. The molecule has 68 valence electrons. The number of hydrogen-bond donors (Lipinski definition) is 2. The van der Waals surface area contributed by atoms with Crippen molar-refractivity contribution in [3.63, 3.8) is 0 Å². The topological polar surface area (TPSA) is 52.1 Å². The number of benzene rings is 1. The Bertz CT molecular complexity index is 408. The smallest absolute Gasteiger partial charge is 0.0931 e. The lowest BCUT2D eigenvalue weighted by molar-refractivity contribution is -0.0731. The van der Waals surface area contributed by atoms with Gasteiger partial charge in [-0.15, -0.1) is 0 Å². The van der Waals surface area contributed by atoms with Crippen LogP contribution in [0.25, 0.3) is 11.0 Å². The molecule has 0 aliphatic carbocycles. The maximum absolute atomic E-state index is 9.04. The molecule has 0 bridgehead atoms. The number of imidazole rings is 1. The Hall–Kier alpha value is -1.39. The van der Waals surface area contributed by atoms with Gasteiger partial charge in [0, 0.05) is 13.6 Å². The van der Waals surface area contributed by atoms with Crippen molar-refractivity contribution in [2.45, 2.75) is 6.54 Å². The van der Waals surface area contributed by atoms with Crippen LogP contribution in [0.3, 0.4) is 0 Å². The highest BCUT2D eigenvalue weighted by Gasteiger charge is 1.99. The van der Waals surface area contributed by atoms with Gasteiger partial charge in [0.25, 0.3) is 0 Å². The average Bonchev–Trinajstić information content (AvgIpc) is 2.49. The molecule has 1 aromatic carbocycles. The summed E-state index contributed by atoms with van der Waals surface area (Å²) in [6, 6.07) is 5.87. The Labute approximate surface area is 75.8 Å². The summed E-state index contributed by atoms with van der Waals surface area (Å²) in [4.78, 5) is 7.13. The number of hydrogen-bond acceptors (Lipinski definition) is 3. The summed E-state index contributed by atoms with van der Waals surface area (Å²) in [5.74, 6) is 0. The number of fused-ring (bicyclic) bond motifs is 1. The van der Waals surface area contributed by atoms with E-state index in [1.807, 2.05) is 18.2 Å². The molecule has 0 spiro atoms. The maximum atomic E-state index is 9.04. The van der Waals surface area contributed by atoms with Gasteiger partial charge < -0.3 is 10.2 Å². The van der Waals surface area contributed by atoms with Gasteiger partial charge >= 0.3 is 0 Å². The molecule has 0 fully saturated rings. The first-order valence-corrected chi connectivity index (χ1v) is 4.08. The van der Waals surface area contributed by atoms with Gasteiger partial charge in [0.2, 0.25) is 0 Å². The SMILES string of the molecule is CN(O)Cc1ccc2nc[nH]c2c1. The van der Waals surface area contributed by atoms with Crippen molar-refractivity contribution in [2.75, 3.05) is 7.05 Å². The summed E-state index contributed by atoms with van der Waals surface area (Å²) >= 11 is 0. The molecule has 0 radical (unpaired) electrons. The van der Waals surface area contributed by atoms with Crippen LogP contribution in [0.5, 0.6) is 0 Å². The summed E-state index contributed by atoms with van der Waals surface area (Å²) in [6.07, 6.45) is 1.66. The van der Waals surface area contributed by atoms with Crippen molar-refractivity contribution >= 4 is 11.0 Å². The highest BCUT2D eigenvalue weighted by atomic mass is 16.5. The summed E-state index contributed by atoms with van der Waals surface area (Å²) in [6.45, 7) is 0.523. The van der Waals surface area contributed by atoms with Gasteiger partial charge in [-0.25, -0.2) is 4.98 Å². The zero-order chi connectivity index (χ0) is 9.26. The number of rotatable bonds is 2. The minimum atomic E-state index is 0.523. The molecule has 0 saturated heterocycles. The van der Waals surface area contributed by atoms with Gasteiger partial charge in [0.05, 0.1) is 17.4 Å². The molecule has 2 N–H and O–H groups in total. The van der Waals surface area contributed by atoms with E-state index in [1.165, 1.54) is 0 Å². The van der Waals surface area contributed by atoms with Crippen LogP contribution in [0.2, 0.25) is 0 Å². The van der Waals surface area contributed by atoms with Gasteiger partial charge in [-0.2, -0.15) is 5.06 Å². The lowest BCUT2D eigenvalue weighted by Crippen LogP contribution is -2.11. The van der Waals surface area contributed by atoms with Crippen LogP contribution in [-0.2, 0) is 6.54 Å². The third kappa shape index (κ3) is 1.68. The van der Waals surface area contributed by atoms with Crippen molar-refractivity contribution in [3.05, 3.63) is 30.1 Å². The zero-order valence-electron chi connectivity index (χ0n) is 7.36. The van der Waals surface area contributed by atoms with E-state index in [9.17, 15) is 0 Å². The van der Waals surface area contributed by atoms with E-state index < -0.39 is 0 Å². The highest BCUT2D eigenvalue weighted by molar-refractivity contribution is 5.74. The Morgan fingerprint density at radius 3 is 3.15 bits per heavy atom. The molecule has 0 unspecified atom stereocenters. The number of hydroxylamine groups is 2. The molecule has 0 amide bonds. The second-order valence-corrected chi connectivity index (χ2v) is 3.07. The average molecular weight is 177 g/mol. The second kappa shape index (κ2) is 3.16. The van der Waals surface area contributed by atoms with E-state index in [1.54, 1.807) is 13.4 Å². The fourth-order valence-corrected chi connectivity index (χ4v) is 1.35. The maximum Gasteiger partial charge on any atom is 0.0931 e. The van der Waals surface area contributed by atoms with Crippen LogP contribution < -0.4 is 0 Å². The molecule has 13 heavy (non-hydrogen) atoms. The number of nitrogens with one attached hydrogen (secondary N) is 1. The van der Waals surface area contributed by atoms with E-state index >= 15 is 0 Å². The normalized spacial score (nSPS) is 11.3. The van der Waals surface area contributed by atoms with Crippen LogP contribution in [0.1, 0.15) is 5.56 Å². The number of H-pyrrole nitrogens is 1. The van der Waals surface area contributed by atoms with Gasteiger partial charge in [0.1, 0.15) is 0 Å². The lowest BCUT2D eigenvalue weighted by Gasteiger charge is -2.07. The molecule has 1 heterocycles. The molecular weight excluding hydrogens is 166 g/mol. The largest absolute Gasteiger partial charge is 0.345 e. The first-order chi connectivity index (χ1) is 6.25.